The molecular weight excluding hydrogens is 379 g/mol. The molecule has 4 aliphatic rings. The van der Waals surface area contributed by atoms with E-state index >= 15 is 0 Å². The summed E-state index contributed by atoms with van der Waals surface area (Å²) >= 11 is 0. The molecule has 6 rings (SSSR count). The molecule has 1 unspecified atom stereocenters. The number of allylic oxidation sites excluding steroid dienone is 7. The zero-order chi connectivity index (χ0) is 21.4. The Morgan fingerprint density at radius 3 is 2.26 bits per heavy atom. The van der Waals surface area contributed by atoms with Gasteiger partial charge in [-0.25, -0.2) is 0 Å². The molecule has 154 valence electrons. The predicted octanol–water partition coefficient (Wildman–Crippen LogP) is 6.84. The van der Waals surface area contributed by atoms with E-state index in [0.717, 1.165) is 6.42 Å². The van der Waals surface area contributed by atoms with Crippen molar-refractivity contribution in [2.24, 2.45) is 0 Å². The van der Waals surface area contributed by atoms with E-state index in [-0.39, 0.29) is 24.1 Å². The first-order chi connectivity index (χ1) is 14.9. The molecule has 2 nitrogen and oxygen atoms in total. The zero-order valence-corrected chi connectivity index (χ0v) is 18.6. The lowest BCUT2D eigenvalue weighted by atomic mass is 9.64. The maximum Gasteiger partial charge on any atom is 0.469 e. The van der Waals surface area contributed by atoms with E-state index in [4.69, 9.17) is 9.31 Å². The molecule has 0 N–H and O–H groups in total. The van der Waals surface area contributed by atoms with E-state index in [0.29, 0.717) is 0 Å². The number of hydrogen-bond acceptors (Lipinski definition) is 2. The van der Waals surface area contributed by atoms with Crippen molar-refractivity contribution < 1.29 is 9.31 Å². The second-order valence-corrected chi connectivity index (χ2v) is 9.92. The molecule has 0 amide bonds. The summed E-state index contributed by atoms with van der Waals surface area (Å²) in [6, 6.07) is 15.5. The standard InChI is InChI=1S/C28H27BO2/c1-27(2)28(3,4)31-29(30-27)25-15-8-7-12-21(25)20-16-17-24-19-11-6-5-10-18(19)22-13-9-14-23(20)26(22)24/h5-15,17,25H,16H2,1-4H3. The van der Waals surface area contributed by atoms with Crippen LogP contribution in [-0.2, 0) is 9.31 Å². The monoisotopic (exact) mass is 406 g/mol. The first kappa shape index (κ1) is 19.1. The van der Waals surface area contributed by atoms with E-state index in [1.165, 1.54) is 44.5 Å². The summed E-state index contributed by atoms with van der Waals surface area (Å²) in [4.78, 5) is 0. The number of hydrogen-bond donors (Lipinski definition) is 0. The van der Waals surface area contributed by atoms with Crippen LogP contribution in [0, 0.1) is 0 Å². The highest BCUT2D eigenvalue weighted by Gasteiger charge is 2.54. The van der Waals surface area contributed by atoms with Crippen LogP contribution in [0.25, 0.3) is 22.3 Å². The molecule has 31 heavy (non-hydrogen) atoms. The summed E-state index contributed by atoms with van der Waals surface area (Å²) in [5.74, 6) is 0.0793. The second kappa shape index (κ2) is 6.45. The molecule has 0 saturated carbocycles. The topological polar surface area (TPSA) is 18.5 Å². The van der Waals surface area contributed by atoms with Crippen LogP contribution in [0.1, 0.15) is 50.8 Å². The number of rotatable bonds is 1. The van der Waals surface area contributed by atoms with Crippen molar-refractivity contribution in [1.29, 1.82) is 0 Å². The number of benzene rings is 2. The fourth-order valence-corrected chi connectivity index (χ4v) is 5.34. The molecule has 1 aliphatic heterocycles. The molecule has 1 saturated heterocycles. The van der Waals surface area contributed by atoms with Gasteiger partial charge < -0.3 is 9.31 Å². The zero-order valence-electron chi connectivity index (χ0n) is 18.6. The quantitative estimate of drug-likeness (QED) is 0.412. The lowest BCUT2D eigenvalue weighted by Crippen LogP contribution is -2.41. The molecule has 3 heteroatoms. The van der Waals surface area contributed by atoms with E-state index in [1.807, 2.05) is 0 Å². The van der Waals surface area contributed by atoms with Gasteiger partial charge in [0.2, 0.25) is 0 Å². The summed E-state index contributed by atoms with van der Waals surface area (Å²) in [5.41, 5.74) is 10.2. The van der Waals surface area contributed by atoms with E-state index < -0.39 is 0 Å². The lowest BCUT2D eigenvalue weighted by Gasteiger charge is -2.32. The van der Waals surface area contributed by atoms with Crippen LogP contribution in [-0.4, -0.2) is 18.3 Å². The fraction of sp³-hybridized carbons (Fsp3) is 0.286. The van der Waals surface area contributed by atoms with Crippen LogP contribution in [0.3, 0.4) is 0 Å². The highest BCUT2D eigenvalue weighted by molar-refractivity contribution is 6.49. The molecule has 1 heterocycles. The van der Waals surface area contributed by atoms with Crippen LogP contribution < -0.4 is 0 Å². The van der Waals surface area contributed by atoms with E-state index in [2.05, 4.69) is 101 Å². The minimum absolute atomic E-state index is 0.0793. The Kier molecular flexibility index (Phi) is 3.97. The molecule has 0 radical (unpaired) electrons. The van der Waals surface area contributed by atoms with Gasteiger partial charge in [-0.3, -0.25) is 0 Å². The summed E-state index contributed by atoms with van der Waals surface area (Å²) < 4.78 is 12.9. The van der Waals surface area contributed by atoms with Crippen molar-refractivity contribution in [2.75, 3.05) is 0 Å². The van der Waals surface area contributed by atoms with Crippen molar-refractivity contribution in [2.45, 2.75) is 51.1 Å². The third-order valence-corrected chi connectivity index (χ3v) is 7.65. The molecule has 1 fully saturated rings. The Morgan fingerprint density at radius 1 is 0.806 bits per heavy atom. The van der Waals surface area contributed by atoms with Gasteiger partial charge in [-0.05, 0) is 78.7 Å². The Balaban J connectivity index is 1.49. The van der Waals surface area contributed by atoms with Gasteiger partial charge in [0.15, 0.2) is 0 Å². The molecular formula is C28H27BO2. The average molecular weight is 406 g/mol. The van der Waals surface area contributed by atoms with E-state index in [9.17, 15) is 0 Å². The average Bonchev–Trinajstić information content (AvgIpc) is 3.20. The Hall–Kier alpha value is -2.62. The van der Waals surface area contributed by atoms with Gasteiger partial charge in [-0.1, -0.05) is 72.8 Å². The first-order valence-electron chi connectivity index (χ1n) is 11.2. The smallest absolute Gasteiger partial charge is 0.403 e. The molecule has 2 aromatic rings. The molecule has 2 aromatic carbocycles. The normalized spacial score (nSPS) is 26.6. The van der Waals surface area contributed by atoms with Crippen LogP contribution in [0.5, 0.6) is 0 Å². The maximum atomic E-state index is 6.46. The van der Waals surface area contributed by atoms with Crippen molar-refractivity contribution in [3.8, 4) is 11.1 Å². The predicted molar refractivity (Wildman–Crippen MR) is 129 cm³/mol. The van der Waals surface area contributed by atoms with Crippen molar-refractivity contribution in [3.05, 3.63) is 95.1 Å². The van der Waals surface area contributed by atoms with Crippen LogP contribution in [0.15, 0.2) is 78.4 Å². The summed E-state index contributed by atoms with van der Waals surface area (Å²) in [5, 5.41) is 0. The molecule has 0 spiro atoms. The minimum atomic E-state index is -0.336. The van der Waals surface area contributed by atoms with Gasteiger partial charge in [0.25, 0.3) is 0 Å². The summed E-state index contributed by atoms with van der Waals surface area (Å²) in [7, 11) is -0.284. The Morgan fingerprint density at radius 2 is 1.48 bits per heavy atom. The maximum absolute atomic E-state index is 6.46. The van der Waals surface area contributed by atoms with E-state index in [1.54, 1.807) is 0 Å². The van der Waals surface area contributed by atoms with Gasteiger partial charge >= 0.3 is 7.12 Å². The van der Waals surface area contributed by atoms with Gasteiger partial charge in [-0.2, -0.15) is 0 Å². The molecule has 3 aliphatic carbocycles. The second-order valence-electron chi connectivity index (χ2n) is 9.92. The molecule has 1 atom stereocenters. The SMILES string of the molecule is CC1(C)OB(C2C=CC=CC2=C2CC=C3c4ccccc4-c4cccc2c43)OC1(C)C. The van der Waals surface area contributed by atoms with Crippen LogP contribution in [0.2, 0.25) is 5.82 Å². The summed E-state index contributed by atoms with van der Waals surface area (Å²) in [6.45, 7) is 8.50. The third kappa shape index (κ3) is 2.66. The highest BCUT2D eigenvalue weighted by atomic mass is 16.7. The van der Waals surface area contributed by atoms with Crippen molar-refractivity contribution in [1.82, 2.24) is 0 Å². The molecule has 0 aromatic heterocycles. The van der Waals surface area contributed by atoms with Crippen molar-refractivity contribution >= 4 is 18.3 Å². The first-order valence-corrected chi connectivity index (χ1v) is 11.2. The molecule has 0 bridgehead atoms. The van der Waals surface area contributed by atoms with Crippen molar-refractivity contribution in [3.63, 3.8) is 0 Å². The third-order valence-electron chi connectivity index (χ3n) is 7.65. The van der Waals surface area contributed by atoms with Gasteiger partial charge in [0.05, 0.1) is 11.2 Å². The fourth-order valence-electron chi connectivity index (χ4n) is 5.34. The van der Waals surface area contributed by atoms with Gasteiger partial charge in [0.1, 0.15) is 0 Å². The van der Waals surface area contributed by atoms with Crippen LogP contribution >= 0.6 is 0 Å². The van der Waals surface area contributed by atoms with Gasteiger partial charge in [-0.15, -0.1) is 0 Å². The Bertz CT molecular complexity index is 1210. The summed E-state index contributed by atoms with van der Waals surface area (Å²) in [6.07, 6.45) is 12.1. The largest absolute Gasteiger partial charge is 0.469 e. The number of fused-ring (bicyclic) bond motifs is 3. The minimum Gasteiger partial charge on any atom is -0.403 e. The highest BCUT2D eigenvalue weighted by Crippen LogP contribution is 2.52. The Labute approximate surface area is 185 Å². The van der Waals surface area contributed by atoms with Crippen LogP contribution in [0.4, 0.5) is 0 Å². The lowest BCUT2D eigenvalue weighted by molar-refractivity contribution is 0.00578. The van der Waals surface area contributed by atoms with Gasteiger partial charge in [0, 0.05) is 5.82 Å².